The first kappa shape index (κ1) is 19.0. The van der Waals surface area contributed by atoms with Crippen LogP contribution in [0.25, 0.3) is 6.08 Å². The third kappa shape index (κ3) is 3.68. The highest BCUT2D eigenvalue weighted by Gasteiger charge is 2.30. The van der Waals surface area contributed by atoms with Crippen LogP contribution in [0.5, 0.6) is 17.2 Å². The van der Waals surface area contributed by atoms with E-state index in [0.29, 0.717) is 17.1 Å². The molecule has 0 spiro atoms. The number of rotatable bonds is 2. The second-order valence-electron chi connectivity index (χ2n) is 8.18. The molecule has 0 amide bonds. The quantitative estimate of drug-likeness (QED) is 0.412. The number of esters is 1. The fourth-order valence-corrected chi connectivity index (χ4v) is 3.06. The van der Waals surface area contributed by atoms with E-state index in [1.54, 1.807) is 45.0 Å². The largest absolute Gasteiger partial charge is 0.485 e. The fraction of sp³-hybridized carbons (Fsp3) is 0.250. The summed E-state index contributed by atoms with van der Waals surface area (Å²) in [6.07, 6.45) is 3.50. The lowest BCUT2D eigenvalue weighted by Crippen LogP contribution is -2.25. The predicted molar refractivity (Wildman–Crippen MR) is 109 cm³/mol. The Kier molecular flexibility index (Phi) is 4.53. The lowest BCUT2D eigenvalue weighted by atomic mass is 9.97. The van der Waals surface area contributed by atoms with Crippen molar-refractivity contribution in [1.29, 1.82) is 0 Å². The molecule has 1 unspecified atom stereocenters. The summed E-state index contributed by atoms with van der Waals surface area (Å²) >= 11 is 0. The van der Waals surface area contributed by atoms with Gasteiger partial charge >= 0.3 is 5.97 Å². The summed E-state index contributed by atoms with van der Waals surface area (Å²) in [4.78, 5) is 24.8. The fourth-order valence-electron chi connectivity index (χ4n) is 3.06. The summed E-state index contributed by atoms with van der Waals surface area (Å²) in [7, 11) is 0. The van der Waals surface area contributed by atoms with Gasteiger partial charge in [0.25, 0.3) is 0 Å². The van der Waals surface area contributed by atoms with Crippen LogP contribution < -0.4 is 14.2 Å². The van der Waals surface area contributed by atoms with E-state index in [1.165, 1.54) is 0 Å². The van der Waals surface area contributed by atoms with Gasteiger partial charge in [-0.25, -0.2) is 0 Å². The zero-order valence-electron chi connectivity index (χ0n) is 16.8. The van der Waals surface area contributed by atoms with Crippen LogP contribution in [0.1, 0.15) is 43.6 Å². The number of allylic oxidation sites excluding steroid dienone is 1. The zero-order valence-corrected chi connectivity index (χ0v) is 16.8. The van der Waals surface area contributed by atoms with Crippen LogP contribution in [0.3, 0.4) is 0 Å². The van der Waals surface area contributed by atoms with Gasteiger partial charge in [-0.05, 0) is 63.6 Å². The molecule has 2 aliphatic heterocycles. The van der Waals surface area contributed by atoms with Gasteiger partial charge in [0.2, 0.25) is 5.78 Å². The molecule has 0 radical (unpaired) electrons. The monoisotopic (exact) mass is 390 g/mol. The lowest BCUT2D eigenvalue weighted by molar-refractivity contribution is -0.143. The van der Waals surface area contributed by atoms with Crippen LogP contribution in [0.2, 0.25) is 0 Å². The Hall–Kier alpha value is -3.34. The standard InChI is InChI=1S/C24H22O5/c1-14-16(11-15-7-5-6-8-19(15)27-14)12-21-22(25)18-10-9-17(13-20(18)29-21)28-23(26)24(2,3)4/h5-14H,1-4H3/b21-12-. The van der Waals surface area contributed by atoms with Crippen LogP contribution in [0.15, 0.2) is 59.9 Å². The number of carbonyl (C=O) groups excluding carboxylic acids is 2. The number of ketones is 1. The molecule has 5 nitrogen and oxygen atoms in total. The molecule has 2 aliphatic rings. The highest BCUT2D eigenvalue weighted by molar-refractivity contribution is 6.12. The number of fused-ring (bicyclic) bond motifs is 2. The number of para-hydroxylation sites is 1. The number of carbonyl (C=O) groups is 2. The highest BCUT2D eigenvalue weighted by Crippen LogP contribution is 2.37. The molecule has 5 heteroatoms. The molecule has 2 heterocycles. The van der Waals surface area contributed by atoms with Crippen molar-refractivity contribution < 1.29 is 23.8 Å². The van der Waals surface area contributed by atoms with E-state index in [2.05, 4.69) is 0 Å². The summed E-state index contributed by atoms with van der Waals surface area (Å²) in [5.41, 5.74) is 1.62. The first-order valence-electron chi connectivity index (χ1n) is 9.50. The summed E-state index contributed by atoms with van der Waals surface area (Å²) < 4.78 is 17.1. The topological polar surface area (TPSA) is 61.8 Å². The molecule has 0 aliphatic carbocycles. The van der Waals surface area contributed by atoms with Gasteiger partial charge in [0.05, 0.1) is 11.0 Å². The molecule has 148 valence electrons. The second-order valence-corrected chi connectivity index (χ2v) is 8.18. The average molecular weight is 390 g/mol. The predicted octanol–water partition coefficient (Wildman–Crippen LogP) is 4.96. The molecule has 4 rings (SSSR count). The molecular weight excluding hydrogens is 368 g/mol. The van der Waals surface area contributed by atoms with Crippen molar-refractivity contribution in [3.05, 3.63) is 71.0 Å². The molecule has 0 saturated heterocycles. The first-order chi connectivity index (χ1) is 13.7. The van der Waals surface area contributed by atoms with Crippen LogP contribution in [0.4, 0.5) is 0 Å². The lowest BCUT2D eigenvalue weighted by Gasteiger charge is -2.22. The Morgan fingerprint density at radius 1 is 1.10 bits per heavy atom. The molecule has 0 bridgehead atoms. The van der Waals surface area contributed by atoms with E-state index in [0.717, 1.165) is 16.9 Å². The normalized spacial score (nSPS) is 19.0. The molecule has 0 fully saturated rings. The van der Waals surface area contributed by atoms with Crippen LogP contribution in [0, 0.1) is 5.41 Å². The van der Waals surface area contributed by atoms with Gasteiger partial charge in [-0.15, -0.1) is 0 Å². The number of ether oxygens (including phenoxy) is 3. The summed E-state index contributed by atoms with van der Waals surface area (Å²) in [5.74, 6) is 1.20. The Labute approximate surface area is 169 Å². The molecule has 2 aromatic rings. The maximum Gasteiger partial charge on any atom is 0.316 e. The Bertz CT molecular complexity index is 1070. The molecule has 0 aromatic heterocycles. The van der Waals surface area contributed by atoms with Crippen LogP contribution in [-0.4, -0.2) is 17.9 Å². The van der Waals surface area contributed by atoms with Crippen LogP contribution >= 0.6 is 0 Å². The van der Waals surface area contributed by atoms with Gasteiger partial charge in [0.15, 0.2) is 5.76 Å². The maximum atomic E-state index is 12.7. The van der Waals surface area contributed by atoms with Gasteiger partial charge in [-0.1, -0.05) is 18.2 Å². The van der Waals surface area contributed by atoms with Gasteiger partial charge in [0.1, 0.15) is 23.4 Å². The van der Waals surface area contributed by atoms with E-state index >= 15 is 0 Å². The van der Waals surface area contributed by atoms with Crippen molar-refractivity contribution in [1.82, 2.24) is 0 Å². The van der Waals surface area contributed by atoms with Crippen molar-refractivity contribution in [2.75, 3.05) is 0 Å². The SMILES string of the molecule is CC1Oc2ccccc2C=C1/C=C1\Oc2cc(OC(=O)C(C)(C)C)ccc2C1=O. The third-order valence-electron chi connectivity index (χ3n) is 4.78. The van der Waals surface area contributed by atoms with E-state index in [1.807, 2.05) is 37.3 Å². The minimum Gasteiger partial charge on any atom is -0.485 e. The van der Waals surface area contributed by atoms with E-state index in [-0.39, 0.29) is 23.6 Å². The number of Topliss-reactive ketones (excluding diaryl/α,β-unsaturated/α-hetero) is 1. The van der Waals surface area contributed by atoms with Crippen molar-refractivity contribution >= 4 is 17.8 Å². The molecule has 0 saturated carbocycles. The smallest absolute Gasteiger partial charge is 0.316 e. The number of hydrogen-bond donors (Lipinski definition) is 0. The Morgan fingerprint density at radius 3 is 2.62 bits per heavy atom. The third-order valence-corrected chi connectivity index (χ3v) is 4.78. The molecule has 29 heavy (non-hydrogen) atoms. The number of hydrogen-bond acceptors (Lipinski definition) is 5. The van der Waals surface area contributed by atoms with Crippen molar-refractivity contribution in [2.24, 2.45) is 5.41 Å². The Balaban J connectivity index is 1.60. The zero-order chi connectivity index (χ0) is 20.8. The Morgan fingerprint density at radius 2 is 1.86 bits per heavy atom. The van der Waals surface area contributed by atoms with E-state index < -0.39 is 5.41 Å². The molecule has 0 N–H and O–H groups in total. The van der Waals surface area contributed by atoms with Gasteiger partial charge in [0, 0.05) is 11.6 Å². The van der Waals surface area contributed by atoms with Gasteiger partial charge in [-0.3, -0.25) is 9.59 Å². The van der Waals surface area contributed by atoms with Crippen molar-refractivity contribution in [2.45, 2.75) is 33.8 Å². The minimum absolute atomic E-state index is 0.208. The van der Waals surface area contributed by atoms with E-state index in [9.17, 15) is 9.59 Å². The van der Waals surface area contributed by atoms with Crippen molar-refractivity contribution in [3.8, 4) is 17.2 Å². The minimum atomic E-state index is -0.624. The van der Waals surface area contributed by atoms with Gasteiger partial charge < -0.3 is 14.2 Å². The first-order valence-corrected chi connectivity index (χ1v) is 9.50. The van der Waals surface area contributed by atoms with Crippen LogP contribution in [-0.2, 0) is 4.79 Å². The average Bonchev–Trinajstić information content (AvgIpc) is 2.96. The second kappa shape index (κ2) is 6.92. The molecule has 1 atom stereocenters. The molecular formula is C24H22O5. The summed E-state index contributed by atoms with van der Waals surface area (Å²) in [6, 6.07) is 12.5. The summed E-state index contributed by atoms with van der Waals surface area (Å²) in [6.45, 7) is 7.27. The van der Waals surface area contributed by atoms with Crippen molar-refractivity contribution in [3.63, 3.8) is 0 Å². The maximum absolute atomic E-state index is 12.7. The van der Waals surface area contributed by atoms with Gasteiger partial charge in [-0.2, -0.15) is 0 Å². The highest BCUT2D eigenvalue weighted by atomic mass is 16.5. The van der Waals surface area contributed by atoms with E-state index in [4.69, 9.17) is 14.2 Å². The molecule has 2 aromatic carbocycles. The number of benzene rings is 2. The summed E-state index contributed by atoms with van der Waals surface area (Å²) in [5, 5.41) is 0.